The molecule has 0 aromatic carbocycles. The van der Waals surface area contributed by atoms with Crippen molar-refractivity contribution in [1.82, 2.24) is 10.6 Å². The van der Waals surface area contributed by atoms with E-state index in [1.54, 1.807) is 0 Å². The fourth-order valence-electron chi connectivity index (χ4n) is 7.73. The molecule has 0 saturated carbocycles. The van der Waals surface area contributed by atoms with E-state index >= 15 is 0 Å². The van der Waals surface area contributed by atoms with Gasteiger partial charge in [0.05, 0.1) is 33.0 Å². The third-order valence-corrected chi connectivity index (χ3v) is 11.1. The number of carbonyl (C=O) groups excluding carboxylic acids is 2. The maximum Gasteiger partial charge on any atom is 0.217 e. The van der Waals surface area contributed by atoms with Gasteiger partial charge in [0, 0.05) is 13.8 Å². The largest absolute Gasteiger partial charge is 0.394 e. The quantitative estimate of drug-likeness (QED) is 0.0725. The third kappa shape index (κ3) is 11.0. The van der Waals surface area contributed by atoms with Gasteiger partial charge in [-0.05, 0) is 0 Å². The van der Waals surface area contributed by atoms with E-state index in [0.717, 1.165) is 13.8 Å². The molecule has 17 N–H and O–H groups in total. The topological polar surface area (TPSA) is 445 Å². The predicted molar refractivity (Wildman–Crippen MR) is 190 cm³/mol. The summed E-state index contributed by atoms with van der Waals surface area (Å²) in [6.07, 6.45) is -41.6. The number of carbonyl (C=O) groups is 2. The van der Waals surface area contributed by atoms with Crippen LogP contribution in [0.25, 0.3) is 0 Å². The van der Waals surface area contributed by atoms with Gasteiger partial charge in [-0.15, -0.1) is 0 Å². The molecular formula is C34H58N2O26. The molecule has 360 valence electrons. The van der Waals surface area contributed by atoms with Crippen molar-refractivity contribution in [2.45, 2.75) is 167 Å². The monoisotopic (exact) mass is 910 g/mol. The Labute approximate surface area is 351 Å². The van der Waals surface area contributed by atoms with Gasteiger partial charge in [-0.2, -0.15) is 0 Å². The molecule has 5 saturated heterocycles. The highest BCUT2D eigenvalue weighted by molar-refractivity contribution is 5.73. The van der Waals surface area contributed by atoms with E-state index in [0.29, 0.717) is 0 Å². The average Bonchev–Trinajstić information content (AvgIpc) is 3.23. The van der Waals surface area contributed by atoms with E-state index in [1.165, 1.54) is 0 Å². The van der Waals surface area contributed by atoms with Gasteiger partial charge >= 0.3 is 0 Å². The van der Waals surface area contributed by atoms with E-state index < -0.39 is 198 Å². The van der Waals surface area contributed by atoms with Crippen molar-refractivity contribution >= 4 is 11.8 Å². The Kier molecular flexibility index (Phi) is 18.1. The van der Waals surface area contributed by atoms with Crippen LogP contribution in [-0.4, -0.2) is 275 Å². The van der Waals surface area contributed by atoms with E-state index in [1.807, 2.05) is 0 Å². The fraction of sp³-hybridized carbons (Fsp3) is 0.941. The van der Waals surface area contributed by atoms with Gasteiger partial charge in [0.25, 0.3) is 0 Å². The van der Waals surface area contributed by atoms with Crippen molar-refractivity contribution in [3.05, 3.63) is 0 Å². The van der Waals surface area contributed by atoms with Crippen molar-refractivity contribution < 1.29 is 129 Å². The Morgan fingerprint density at radius 2 is 0.839 bits per heavy atom. The van der Waals surface area contributed by atoms with Gasteiger partial charge in [-0.1, -0.05) is 0 Å². The molecule has 0 radical (unpaired) electrons. The minimum Gasteiger partial charge on any atom is -0.394 e. The number of nitrogens with one attached hydrogen (secondary N) is 2. The van der Waals surface area contributed by atoms with E-state index in [9.17, 15) is 86.2 Å². The van der Waals surface area contributed by atoms with Gasteiger partial charge in [-0.3, -0.25) is 9.59 Å². The summed E-state index contributed by atoms with van der Waals surface area (Å²) in [5, 5.41) is 163. The minimum absolute atomic E-state index is 0.639. The summed E-state index contributed by atoms with van der Waals surface area (Å²) in [5.74, 6) is -1.38. The van der Waals surface area contributed by atoms with Gasteiger partial charge in [0.15, 0.2) is 31.5 Å². The normalized spacial score (nSPS) is 49.0. The van der Waals surface area contributed by atoms with Gasteiger partial charge in [0.2, 0.25) is 11.8 Å². The molecule has 5 rings (SSSR count). The molecule has 25 atom stereocenters. The summed E-state index contributed by atoms with van der Waals surface area (Å²) in [6, 6.07) is -2.95. The second-order valence-corrected chi connectivity index (χ2v) is 15.5. The van der Waals surface area contributed by atoms with Crippen LogP contribution in [0.3, 0.4) is 0 Å². The maximum atomic E-state index is 12.2. The molecule has 5 aliphatic heterocycles. The Hall–Kier alpha value is -2.02. The lowest BCUT2D eigenvalue weighted by Gasteiger charge is -2.49. The van der Waals surface area contributed by atoms with Crippen LogP contribution in [0.2, 0.25) is 0 Å². The molecule has 2 amide bonds. The number of hydrogen-bond donors (Lipinski definition) is 17. The number of amides is 2. The minimum atomic E-state index is -2.13. The van der Waals surface area contributed by atoms with E-state index in [2.05, 4.69) is 10.6 Å². The smallest absolute Gasteiger partial charge is 0.217 e. The molecular weight excluding hydrogens is 852 g/mol. The molecule has 5 heterocycles. The van der Waals surface area contributed by atoms with Crippen LogP contribution in [0.15, 0.2) is 0 Å². The van der Waals surface area contributed by atoms with Crippen molar-refractivity contribution in [2.24, 2.45) is 0 Å². The highest BCUT2D eigenvalue weighted by atomic mass is 16.8. The number of aliphatic hydroxyl groups is 15. The summed E-state index contributed by atoms with van der Waals surface area (Å²) >= 11 is 0. The molecule has 5 aliphatic rings. The second-order valence-electron chi connectivity index (χ2n) is 15.5. The first-order valence-corrected chi connectivity index (χ1v) is 19.6. The zero-order valence-corrected chi connectivity index (χ0v) is 33.2. The first kappa shape index (κ1) is 51.0. The molecule has 0 aromatic heterocycles. The zero-order chi connectivity index (χ0) is 45.9. The van der Waals surface area contributed by atoms with Crippen LogP contribution >= 0.6 is 0 Å². The lowest BCUT2D eigenvalue weighted by Crippen LogP contribution is -2.69. The SMILES string of the molecule is CC(=O)N[C@@H]1[C@@H](O)[C@@H](O)[C@@H](CO[C@@H]2O[C@H](CO)[C@@H](O[C@@H]3O[C@H](CO)[C@H](O[C@H]4O[C@H](CO)[C@H](O)[C@H](O[C@H]5O[C@H](CO)[C@H](O)[C@H](O)[C@H]5O)[C@H]4O)[C@H](O)[C@H]3O)[C@H](O)[C@H]2NC(C)=O)O[C@H]1O. The summed E-state index contributed by atoms with van der Waals surface area (Å²) in [5.41, 5.74) is 0. The van der Waals surface area contributed by atoms with Crippen molar-refractivity contribution in [3.63, 3.8) is 0 Å². The van der Waals surface area contributed by atoms with Crippen LogP contribution in [0.1, 0.15) is 13.8 Å². The molecule has 28 nitrogen and oxygen atoms in total. The lowest BCUT2D eigenvalue weighted by atomic mass is 9.94. The van der Waals surface area contributed by atoms with Crippen molar-refractivity contribution in [2.75, 3.05) is 33.0 Å². The van der Waals surface area contributed by atoms with Crippen LogP contribution in [0, 0.1) is 0 Å². The molecule has 5 fully saturated rings. The summed E-state index contributed by atoms with van der Waals surface area (Å²) in [4.78, 5) is 23.7. The molecule has 0 aromatic rings. The molecule has 0 bridgehead atoms. The fourth-order valence-corrected chi connectivity index (χ4v) is 7.73. The molecule has 28 heteroatoms. The Morgan fingerprint density at radius 1 is 0.419 bits per heavy atom. The average molecular weight is 911 g/mol. The van der Waals surface area contributed by atoms with Gasteiger partial charge < -0.3 is 130 Å². The van der Waals surface area contributed by atoms with Crippen LogP contribution in [0.5, 0.6) is 0 Å². The first-order valence-electron chi connectivity index (χ1n) is 19.6. The van der Waals surface area contributed by atoms with Crippen LogP contribution < -0.4 is 10.6 Å². The number of ether oxygens (including phenoxy) is 9. The number of hydrogen-bond acceptors (Lipinski definition) is 26. The Balaban J connectivity index is 1.26. The second kappa shape index (κ2) is 22.0. The molecule has 0 unspecified atom stereocenters. The van der Waals surface area contributed by atoms with Gasteiger partial charge in [-0.25, -0.2) is 0 Å². The zero-order valence-electron chi connectivity index (χ0n) is 33.2. The molecule has 0 spiro atoms. The van der Waals surface area contributed by atoms with E-state index in [-0.39, 0.29) is 0 Å². The highest BCUT2D eigenvalue weighted by Gasteiger charge is 2.56. The highest BCUT2D eigenvalue weighted by Crippen LogP contribution is 2.35. The van der Waals surface area contributed by atoms with Gasteiger partial charge in [0.1, 0.15) is 122 Å². The number of rotatable bonds is 15. The van der Waals surface area contributed by atoms with Crippen molar-refractivity contribution in [3.8, 4) is 0 Å². The maximum absolute atomic E-state index is 12.2. The third-order valence-electron chi connectivity index (χ3n) is 11.1. The predicted octanol–water partition coefficient (Wildman–Crippen LogP) is -11.6. The van der Waals surface area contributed by atoms with Crippen molar-refractivity contribution in [1.29, 1.82) is 0 Å². The summed E-state index contributed by atoms with van der Waals surface area (Å²) in [7, 11) is 0. The summed E-state index contributed by atoms with van der Waals surface area (Å²) in [6.45, 7) is -2.17. The van der Waals surface area contributed by atoms with Crippen LogP contribution in [-0.2, 0) is 52.2 Å². The van der Waals surface area contributed by atoms with E-state index in [4.69, 9.17) is 42.6 Å². The molecule has 62 heavy (non-hydrogen) atoms. The first-order chi connectivity index (χ1) is 29.3. The standard InChI is InChI=1S/C34H58N2O26/c1-8(41)35-15-20(46)18(44)14(55-30(15)53)7-54-31-16(36-9(2)42)21(47)27(12(5-39)58-31)60-33-25(51)23(49)28(13(6-40)59-33)61-34-26(52)29(19(45)11(4-38)57-34)62-32-24(50)22(48)17(43)10(3-37)56-32/h10-34,37-40,43-53H,3-7H2,1-2H3,(H,35,41)(H,36,42)/t10-,11-,12-,13-,14-,15-,16-,17+,18+,19+,20-,21-,22+,23-,24-,25-,26-,27-,28+,29+,30-,31-,32-,33+,34-/m1/s1. The Morgan fingerprint density at radius 3 is 1.37 bits per heavy atom. The lowest BCUT2D eigenvalue weighted by molar-refractivity contribution is -0.387. The van der Waals surface area contributed by atoms with Crippen LogP contribution in [0.4, 0.5) is 0 Å². The summed E-state index contributed by atoms with van der Waals surface area (Å²) < 4.78 is 50.3. The number of aliphatic hydroxyl groups excluding tert-OH is 15. The molecule has 0 aliphatic carbocycles. The Bertz CT molecular complexity index is 1440.